The second-order valence-electron chi connectivity index (χ2n) is 4.97. The topological polar surface area (TPSA) is 102 Å². The van der Waals surface area contributed by atoms with Crippen LogP contribution in [0.3, 0.4) is 0 Å². The van der Waals surface area contributed by atoms with Gasteiger partial charge in [0.1, 0.15) is 11.3 Å². The standard InChI is InChI=1S/C14H20N2O5/c1-4-15-14(3,13(17)18)7-8-21-11-5-6-12(16(19)20)10(2)9-11/h5-6,9,15H,4,7-8H2,1-3H3,(H,17,18). The number of benzene rings is 1. The Morgan fingerprint density at radius 2 is 2.19 bits per heavy atom. The van der Waals surface area contributed by atoms with Crippen molar-refractivity contribution in [2.75, 3.05) is 13.2 Å². The van der Waals surface area contributed by atoms with Crippen molar-refractivity contribution in [1.29, 1.82) is 0 Å². The van der Waals surface area contributed by atoms with Gasteiger partial charge in [-0.15, -0.1) is 0 Å². The van der Waals surface area contributed by atoms with Crippen molar-refractivity contribution in [3.63, 3.8) is 0 Å². The van der Waals surface area contributed by atoms with E-state index in [4.69, 9.17) is 4.74 Å². The minimum atomic E-state index is -1.05. The monoisotopic (exact) mass is 296 g/mol. The molecule has 0 spiro atoms. The zero-order chi connectivity index (χ0) is 16.0. The number of nitrogens with one attached hydrogen (secondary N) is 1. The van der Waals surface area contributed by atoms with E-state index < -0.39 is 16.4 Å². The molecule has 1 aromatic carbocycles. The first-order chi connectivity index (χ1) is 9.80. The molecular weight excluding hydrogens is 276 g/mol. The summed E-state index contributed by atoms with van der Waals surface area (Å²) < 4.78 is 5.49. The summed E-state index contributed by atoms with van der Waals surface area (Å²) >= 11 is 0. The molecule has 0 heterocycles. The maximum absolute atomic E-state index is 11.2. The molecular formula is C14H20N2O5. The Labute approximate surface area is 123 Å². The van der Waals surface area contributed by atoms with Gasteiger partial charge in [-0.25, -0.2) is 0 Å². The first-order valence-corrected chi connectivity index (χ1v) is 6.66. The van der Waals surface area contributed by atoms with Crippen molar-refractivity contribution in [3.05, 3.63) is 33.9 Å². The van der Waals surface area contributed by atoms with Crippen LogP contribution in [-0.4, -0.2) is 34.7 Å². The molecule has 1 unspecified atom stereocenters. The quantitative estimate of drug-likeness (QED) is 0.563. The zero-order valence-electron chi connectivity index (χ0n) is 12.4. The van der Waals surface area contributed by atoms with Gasteiger partial charge in [-0.1, -0.05) is 6.92 Å². The van der Waals surface area contributed by atoms with Gasteiger partial charge in [-0.3, -0.25) is 14.9 Å². The van der Waals surface area contributed by atoms with Crippen LogP contribution in [0.4, 0.5) is 5.69 Å². The molecule has 21 heavy (non-hydrogen) atoms. The highest BCUT2D eigenvalue weighted by Crippen LogP contribution is 2.23. The van der Waals surface area contributed by atoms with Crippen LogP contribution in [0, 0.1) is 17.0 Å². The smallest absolute Gasteiger partial charge is 0.323 e. The number of nitro benzene ring substituents is 1. The van der Waals surface area contributed by atoms with Gasteiger partial charge in [-0.2, -0.15) is 0 Å². The molecule has 2 N–H and O–H groups in total. The Hall–Kier alpha value is -2.15. The van der Waals surface area contributed by atoms with E-state index in [0.717, 1.165) is 0 Å². The minimum absolute atomic E-state index is 0.0328. The summed E-state index contributed by atoms with van der Waals surface area (Å²) in [5.74, 6) is -0.449. The van der Waals surface area contributed by atoms with E-state index in [1.54, 1.807) is 19.9 Å². The van der Waals surface area contributed by atoms with Crippen LogP contribution in [0.5, 0.6) is 5.75 Å². The van der Waals surface area contributed by atoms with Gasteiger partial charge in [0.15, 0.2) is 0 Å². The lowest BCUT2D eigenvalue weighted by molar-refractivity contribution is -0.385. The van der Waals surface area contributed by atoms with Crippen LogP contribution in [-0.2, 0) is 4.79 Å². The fourth-order valence-corrected chi connectivity index (χ4v) is 1.96. The Kier molecular flexibility index (Phi) is 5.66. The third kappa shape index (κ3) is 4.42. The maximum atomic E-state index is 11.2. The van der Waals surface area contributed by atoms with Gasteiger partial charge in [0.25, 0.3) is 5.69 Å². The van der Waals surface area contributed by atoms with Crippen LogP contribution >= 0.6 is 0 Å². The molecule has 7 heteroatoms. The summed E-state index contributed by atoms with van der Waals surface area (Å²) in [5, 5.41) is 22.8. The number of carboxylic acid groups (broad SMARTS) is 1. The lowest BCUT2D eigenvalue weighted by atomic mass is 9.98. The second kappa shape index (κ2) is 7.03. The van der Waals surface area contributed by atoms with E-state index in [9.17, 15) is 20.0 Å². The SMILES string of the molecule is CCNC(C)(CCOc1ccc([N+](=O)[O-])c(C)c1)C(=O)O. The molecule has 0 amide bonds. The number of nitrogens with zero attached hydrogens (tertiary/aromatic N) is 1. The number of aryl methyl sites for hydroxylation is 1. The molecule has 116 valence electrons. The normalized spacial score (nSPS) is 13.5. The summed E-state index contributed by atoms with van der Waals surface area (Å²) in [6, 6.07) is 4.46. The molecule has 0 bridgehead atoms. The Morgan fingerprint density at radius 1 is 1.52 bits per heavy atom. The summed E-state index contributed by atoms with van der Waals surface area (Å²) in [6.07, 6.45) is 0.284. The summed E-state index contributed by atoms with van der Waals surface area (Å²) in [4.78, 5) is 21.5. The van der Waals surface area contributed by atoms with Gasteiger partial charge in [0, 0.05) is 18.1 Å². The van der Waals surface area contributed by atoms with E-state index in [2.05, 4.69) is 5.32 Å². The summed E-state index contributed by atoms with van der Waals surface area (Å²) in [6.45, 7) is 5.81. The third-order valence-corrected chi connectivity index (χ3v) is 3.27. The van der Waals surface area contributed by atoms with Gasteiger partial charge in [0.2, 0.25) is 0 Å². The van der Waals surface area contributed by atoms with E-state index in [1.165, 1.54) is 12.1 Å². The van der Waals surface area contributed by atoms with Crippen molar-refractivity contribution in [2.24, 2.45) is 0 Å². The number of ether oxygens (including phenoxy) is 1. The van der Waals surface area contributed by atoms with Crippen molar-refractivity contribution in [1.82, 2.24) is 5.32 Å². The molecule has 0 aliphatic rings. The zero-order valence-corrected chi connectivity index (χ0v) is 12.4. The highest BCUT2D eigenvalue weighted by molar-refractivity contribution is 5.78. The predicted molar refractivity (Wildman–Crippen MR) is 77.7 cm³/mol. The average Bonchev–Trinajstić information content (AvgIpc) is 2.38. The predicted octanol–water partition coefficient (Wildman–Crippen LogP) is 2.12. The molecule has 1 rings (SSSR count). The van der Waals surface area contributed by atoms with Gasteiger partial charge >= 0.3 is 5.97 Å². The van der Waals surface area contributed by atoms with Gasteiger partial charge in [0.05, 0.1) is 11.5 Å². The number of carboxylic acids is 1. The molecule has 0 aromatic heterocycles. The number of hydrogen-bond acceptors (Lipinski definition) is 5. The number of aliphatic carboxylic acids is 1. The highest BCUT2D eigenvalue weighted by atomic mass is 16.6. The fourth-order valence-electron chi connectivity index (χ4n) is 1.96. The number of hydrogen-bond donors (Lipinski definition) is 2. The lowest BCUT2D eigenvalue weighted by Gasteiger charge is -2.25. The average molecular weight is 296 g/mol. The van der Waals surface area contributed by atoms with E-state index in [0.29, 0.717) is 17.9 Å². The van der Waals surface area contributed by atoms with Crippen LogP contribution in [0.1, 0.15) is 25.8 Å². The number of likely N-dealkylation sites (N-methyl/N-ethyl adjacent to an activating group) is 1. The van der Waals surface area contributed by atoms with Gasteiger partial charge < -0.3 is 15.2 Å². The van der Waals surface area contributed by atoms with Crippen molar-refractivity contribution in [2.45, 2.75) is 32.7 Å². The Bertz CT molecular complexity index is 532. The molecule has 0 saturated heterocycles. The van der Waals surface area contributed by atoms with E-state index in [-0.39, 0.29) is 18.7 Å². The largest absolute Gasteiger partial charge is 0.493 e. The Morgan fingerprint density at radius 3 is 2.67 bits per heavy atom. The molecule has 0 saturated carbocycles. The first-order valence-electron chi connectivity index (χ1n) is 6.66. The van der Waals surface area contributed by atoms with Crippen LogP contribution in [0.15, 0.2) is 18.2 Å². The van der Waals surface area contributed by atoms with E-state index >= 15 is 0 Å². The number of carbonyl (C=O) groups is 1. The third-order valence-electron chi connectivity index (χ3n) is 3.27. The molecule has 1 aromatic rings. The van der Waals surface area contributed by atoms with Gasteiger partial charge in [-0.05, 0) is 32.5 Å². The molecule has 7 nitrogen and oxygen atoms in total. The maximum Gasteiger partial charge on any atom is 0.323 e. The summed E-state index contributed by atoms with van der Waals surface area (Å²) in [5.41, 5.74) is -0.513. The highest BCUT2D eigenvalue weighted by Gasteiger charge is 2.31. The van der Waals surface area contributed by atoms with Crippen molar-refractivity contribution < 1.29 is 19.6 Å². The summed E-state index contributed by atoms with van der Waals surface area (Å²) in [7, 11) is 0. The Balaban J connectivity index is 2.65. The van der Waals surface area contributed by atoms with Crippen LogP contribution < -0.4 is 10.1 Å². The number of nitro groups is 1. The minimum Gasteiger partial charge on any atom is -0.493 e. The second-order valence-corrected chi connectivity index (χ2v) is 4.97. The van der Waals surface area contributed by atoms with E-state index in [1.807, 2.05) is 6.92 Å². The first kappa shape index (κ1) is 16.9. The van der Waals surface area contributed by atoms with Crippen molar-refractivity contribution >= 4 is 11.7 Å². The fraction of sp³-hybridized carbons (Fsp3) is 0.500. The molecule has 0 fully saturated rings. The lowest BCUT2D eigenvalue weighted by Crippen LogP contribution is -2.50. The van der Waals surface area contributed by atoms with Crippen molar-refractivity contribution in [3.8, 4) is 5.75 Å². The van der Waals surface area contributed by atoms with Crippen LogP contribution in [0.2, 0.25) is 0 Å². The molecule has 0 radical (unpaired) electrons. The molecule has 0 aliphatic heterocycles. The molecule has 1 atom stereocenters. The molecule has 0 aliphatic carbocycles. The van der Waals surface area contributed by atoms with Crippen LogP contribution in [0.25, 0.3) is 0 Å². The number of rotatable bonds is 8.